The summed E-state index contributed by atoms with van der Waals surface area (Å²) in [4.78, 5) is 12.0. The van der Waals surface area contributed by atoms with Crippen molar-refractivity contribution in [3.05, 3.63) is 57.6 Å². The molecule has 0 atom stereocenters. The quantitative estimate of drug-likeness (QED) is 0.801. The Bertz CT molecular complexity index is 686. The average Bonchev–Trinajstić information content (AvgIpc) is 2.45. The van der Waals surface area contributed by atoms with Gasteiger partial charge in [0.2, 0.25) is 5.91 Å². The molecule has 0 spiro atoms. The number of hydrogen-bond donors (Lipinski definition) is 2. The Labute approximate surface area is 140 Å². The molecular formula is C17H18Cl2N2O. The minimum Gasteiger partial charge on any atom is -0.384 e. The van der Waals surface area contributed by atoms with Gasteiger partial charge in [-0.3, -0.25) is 4.79 Å². The number of aryl methyl sites for hydroxylation is 2. The highest BCUT2D eigenvalue weighted by atomic mass is 35.5. The molecule has 0 aliphatic heterocycles. The van der Waals surface area contributed by atoms with Crippen molar-refractivity contribution >= 4 is 40.5 Å². The van der Waals surface area contributed by atoms with E-state index in [2.05, 4.69) is 23.6 Å². The van der Waals surface area contributed by atoms with Crippen LogP contribution >= 0.6 is 23.2 Å². The van der Waals surface area contributed by atoms with Crippen molar-refractivity contribution in [3.63, 3.8) is 0 Å². The van der Waals surface area contributed by atoms with Crippen LogP contribution in [0.15, 0.2) is 36.4 Å². The number of halogens is 2. The van der Waals surface area contributed by atoms with Gasteiger partial charge in [0.25, 0.3) is 0 Å². The van der Waals surface area contributed by atoms with Gasteiger partial charge in [-0.25, -0.2) is 0 Å². The van der Waals surface area contributed by atoms with Crippen molar-refractivity contribution < 1.29 is 4.79 Å². The Hall–Kier alpha value is -1.71. The molecule has 2 aromatic carbocycles. The predicted octanol–water partition coefficient (Wildman–Crippen LogP) is 5.05. The summed E-state index contributed by atoms with van der Waals surface area (Å²) in [6, 6.07) is 11.2. The molecule has 0 fully saturated rings. The highest BCUT2D eigenvalue weighted by Gasteiger charge is 2.07. The van der Waals surface area contributed by atoms with E-state index < -0.39 is 0 Å². The third kappa shape index (κ3) is 4.65. The second-order valence-corrected chi connectivity index (χ2v) is 6.01. The number of nitrogens with one attached hydrogen (secondary N) is 2. The summed E-state index contributed by atoms with van der Waals surface area (Å²) in [5.41, 5.74) is 3.96. The molecule has 3 nitrogen and oxygen atoms in total. The van der Waals surface area contributed by atoms with Crippen LogP contribution < -0.4 is 10.6 Å². The van der Waals surface area contributed by atoms with Crippen LogP contribution in [-0.2, 0) is 4.79 Å². The zero-order chi connectivity index (χ0) is 16.1. The fourth-order valence-corrected chi connectivity index (χ4v) is 2.47. The first-order valence-corrected chi connectivity index (χ1v) is 7.77. The van der Waals surface area contributed by atoms with Crippen molar-refractivity contribution in [3.8, 4) is 0 Å². The fraction of sp³-hybridized carbons (Fsp3) is 0.235. The molecule has 2 rings (SSSR count). The van der Waals surface area contributed by atoms with E-state index in [1.165, 1.54) is 11.1 Å². The number of hydrogen-bond acceptors (Lipinski definition) is 2. The van der Waals surface area contributed by atoms with Gasteiger partial charge < -0.3 is 10.6 Å². The van der Waals surface area contributed by atoms with Gasteiger partial charge in [0, 0.05) is 23.7 Å². The maximum absolute atomic E-state index is 12.0. The van der Waals surface area contributed by atoms with Crippen LogP contribution in [-0.4, -0.2) is 12.5 Å². The lowest BCUT2D eigenvalue weighted by molar-refractivity contribution is -0.115. The summed E-state index contributed by atoms with van der Waals surface area (Å²) in [5.74, 6) is -0.110. The lowest BCUT2D eigenvalue weighted by atomic mass is 10.1. The molecule has 0 unspecified atom stereocenters. The number of amides is 1. The second kappa shape index (κ2) is 7.52. The summed E-state index contributed by atoms with van der Waals surface area (Å²) in [6.07, 6.45) is 0.343. The molecule has 22 heavy (non-hydrogen) atoms. The van der Waals surface area contributed by atoms with Crippen molar-refractivity contribution in [1.82, 2.24) is 0 Å². The van der Waals surface area contributed by atoms with E-state index in [9.17, 15) is 4.79 Å². The maximum Gasteiger partial charge on any atom is 0.226 e. The number of carbonyl (C=O) groups excluding carboxylic acids is 1. The first kappa shape index (κ1) is 16.7. The van der Waals surface area contributed by atoms with Crippen LogP contribution in [0.5, 0.6) is 0 Å². The van der Waals surface area contributed by atoms with Crippen LogP contribution in [0.3, 0.4) is 0 Å². The van der Waals surface area contributed by atoms with Gasteiger partial charge in [-0.2, -0.15) is 0 Å². The molecule has 0 aliphatic carbocycles. The van der Waals surface area contributed by atoms with Gasteiger partial charge in [0.1, 0.15) is 0 Å². The third-order valence-corrected chi connectivity index (χ3v) is 3.82. The van der Waals surface area contributed by atoms with Crippen molar-refractivity contribution in [2.45, 2.75) is 20.3 Å². The van der Waals surface area contributed by atoms with Crippen LogP contribution in [0.2, 0.25) is 10.0 Å². The lowest BCUT2D eigenvalue weighted by Gasteiger charge is -2.11. The van der Waals surface area contributed by atoms with Crippen molar-refractivity contribution in [1.29, 1.82) is 0 Å². The fourth-order valence-electron chi connectivity index (χ4n) is 2.13. The molecule has 0 saturated heterocycles. The van der Waals surface area contributed by atoms with E-state index in [0.717, 1.165) is 5.69 Å². The zero-order valence-corrected chi connectivity index (χ0v) is 14.1. The normalized spacial score (nSPS) is 10.4. The molecule has 0 heterocycles. The first-order valence-electron chi connectivity index (χ1n) is 7.02. The molecule has 0 bridgehead atoms. The van der Waals surface area contributed by atoms with Crippen LogP contribution in [0.4, 0.5) is 11.4 Å². The number of benzene rings is 2. The standard InChI is InChI=1S/C17H18Cl2N2O/c1-11-3-6-15(12(2)9-11)20-8-7-17(22)21-16-10-13(18)4-5-14(16)19/h3-6,9-10,20H,7-8H2,1-2H3,(H,21,22). The number of anilines is 2. The third-order valence-electron chi connectivity index (χ3n) is 3.25. The summed E-state index contributed by atoms with van der Waals surface area (Å²) in [5, 5.41) is 7.04. The summed E-state index contributed by atoms with van der Waals surface area (Å²) < 4.78 is 0. The highest BCUT2D eigenvalue weighted by molar-refractivity contribution is 6.35. The molecular weight excluding hydrogens is 319 g/mol. The van der Waals surface area contributed by atoms with Gasteiger partial charge in [0.15, 0.2) is 0 Å². The Morgan fingerprint density at radius 3 is 2.55 bits per heavy atom. The highest BCUT2D eigenvalue weighted by Crippen LogP contribution is 2.25. The topological polar surface area (TPSA) is 41.1 Å². The minimum atomic E-state index is -0.110. The molecule has 5 heteroatoms. The van der Waals surface area contributed by atoms with E-state index in [1.54, 1.807) is 18.2 Å². The molecule has 2 N–H and O–H groups in total. The molecule has 0 saturated carbocycles. The largest absolute Gasteiger partial charge is 0.384 e. The van der Waals surface area contributed by atoms with Crippen LogP contribution in [0.1, 0.15) is 17.5 Å². The Kier molecular flexibility index (Phi) is 5.69. The van der Waals surface area contributed by atoms with E-state index in [4.69, 9.17) is 23.2 Å². The Morgan fingerprint density at radius 2 is 1.82 bits per heavy atom. The van der Waals surface area contributed by atoms with E-state index in [0.29, 0.717) is 28.7 Å². The van der Waals surface area contributed by atoms with E-state index in [1.807, 2.05) is 19.1 Å². The van der Waals surface area contributed by atoms with Gasteiger partial charge in [-0.1, -0.05) is 40.9 Å². The Balaban J connectivity index is 1.86. The molecule has 0 radical (unpaired) electrons. The predicted molar refractivity (Wildman–Crippen MR) is 94.1 cm³/mol. The first-order chi connectivity index (χ1) is 10.5. The zero-order valence-electron chi connectivity index (χ0n) is 12.5. The number of rotatable bonds is 5. The lowest BCUT2D eigenvalue weighted by Crippen LogP contribution is -2.16. The van der Waals surface area contributed by atoms with Gasteiger partial charge in [-0.05, 0) is 43.7 Å². The minimum absolute atomic E-state index is 0.110. The van der Waals surface area contributed by atoms with Crippen LogP contribution in [0.25, 0.3) is 0 Å². The monoisotopic (exact) mass is 336 g/mol. The summed E-state index contributed by atoms with van der Waals surface area (Å²) in [7, 11) is 0. The molecule has 116 valence electrons. The van der Waals surface area contributed by atoms with Gasteiger partial charge >= 0.3 is 0 Å². The van der Waals surface area contributed by atoms with Crippen molar-refractivity contribution in [2.75, 3.05) is 17.2 Å². The van der Waals surface area contributed by atoms with Gasteiger partial charge in [-0.15, -0.1) is 0 Å². The summed E-state index contributed by atoms with van der Waals surface area (Å²) >= 11 is 11.9. The van der Waals surface area contributed by atoms with Crippen LogP contribution in [0, 0.1) is 13.8 Å². The molecule has 1 amide bonds. The second-order valence-electron chi connectivity index (χ2n) is 5.17. The van der Waals surface area contributed by atoms with E-state index in [-0.39, 0.29) is 5.91 Å². The maximum atomic E-state index is 12.0. The van der Waals surface area contributed by atoms with Crippen molar-refractivity contribution in [2.24, 2.45) is 0 Å². The van der Waals surface area contributed by atoms with Gasteiger partial charge in [0.05, 0.1) is 10.7 Å². The SMILES string of the molecule is Cc1ccc(NCCC(=O)Nc2cc(Cl)ccc2Cl)c(C)c1. The molecule has 2 aromatic rings. The Morgan fingerprint density at radius 1 is 1.05 bits per heavy atom. The molecule has 0 aromatic heterocycles. The molecule has 0 aliphatic rings. The average molecular weight is 337 g/mol. The smallest absolute Gasteiger partial charge is 0.226 e. The number of carbonyl (C=O) groups is 1. The summed E-state index contributed by atoms with van der Waals surface area (Å²) in [6.45, 7) is 4.65. The van der Waals surface area contributed by atoms with E-state index >= 15 is 0 Å².